The van der Waals surface area contributed by atoms with Gasteiger partial charge >= 0.3 is 5.97 Å². The van der Waals surface area contributed by atoms with Crippen molar-refractivity contribution in [3.63, 3.8) is 0 Å². The van der Waals surface area contributed by atoms with E-state index in [1.807, 2.05) is 12.1 Å². The van der Waals surface area contributed by atoms with Crippen LogP contribution in [-0.2, 0) is 13.0 Å². The van der Waals surface area contributed by atoms with Gasteiger partial charge in [-0.05, 0) is 55.4 Å². The average Bonchev–Trinajstić information content (AvgIpc) is 2.81. The predicted octanol–water partition coefficient (Wildman–Crippen LogP) is 5.91. The second-order valence-corrected chi connectivity index (χ2v) is 7.09. The molecule has 132 valence electrons. The number of hydrogen-bond acceptors (Lipinski definition) is 1. The highest BCUT2D eigenvalue weighted by molar-refractivity contribution is 5.97. The zero-order valence-electron chi connectivity index (χ0n) is 15.8. The lowest BCUT2D eigenvalue weighted by Gasteiger charge is -2.14. The average molecular weight is 329 g/mol. The number of carbonyl (C=O) groups is 1. The fraction of sp³-hybridized carbons (Fsp3) is 0.571. The van der Waals surface area contributed by atoms with Gasteiger partial charge < -0.3 is 9.67 Å². The first-order chi connectivity index (χ1) is 11.4. The summed E-state index contributed by atoms with van der Waals surface area (Å²) in [5, 5.41) is 10.7. The van der Waals surface area contributed by atoms with Crippen LogP contribution in [0.15, 0.2) is 12.1 Å². The lowest BCUT2D eigenvalue weighted by Crippen LogP contribution is -2.05. The molecule has 0 bridgehead atoms. The Kier molecular flexibility index (Phi) is 6.09. The van der Waals surface area contributed by atoms with Crippen molar-refractivity contribution in [1.29, 1.82) is 0 Å². The first-order valence-corrected chi connectivity index (χ1v) is 9.31. The van der Waals surface area contributed by atoms with Crippen LogP contribution >= 0.6 is 0 Å². The number of benzene rings is 1. The molecule has 3 nitrogen and oxygen atoms in total. The number of carboxylic acids is 1. The monoisotopic (exact) mass is 329 g/mol. The Morgan fingerprint density at radius 3 is 2.38 bits per heavy atom. The molecule has 0 saturated carbocycles. The van der Waals surface area contributed by atoms with E-state index in [4.69, 9.17) is 0 Å². The summed E-state index contributed by atoms with van der Waals surface area (Å²) in [5.41, 5.74) is 5.49. The topological polar surface area (TPSA) is 42.2 Å². The van der Waals surface area contributed by atoms with Gasteiger partial charge in [0.2, 0.25) is 0 Å². The van der Waals surface area contributed by atoms with E-state index in [9.17, 15) is 9.90 Å². The van der Waals surface area contributed by atoms with Gasteiger partial charge in [0, 0.05) is 17.6 Å². The highest BCUT2D eigenvalue weighted by Crippen LogP contribution is 2.34. The van der Waals surface area contributed by atoms with E-state index in [1.54, 1.807) is 0 Å². The molecule has 1 N–H and O–H groups in total. The van der Waals surface area contributed by atoms with Crippen LogP contribution in [0.25, 0.3) is 10.9 Å². The van der Waals surface area contributed by atoms with Gasteiger partial charge in [-0.3, -0.25) is 0 Å². The molecule has 2 aromatic rings. The van der Waals surface area contributed by atoms with Crippen LogP contribution in [0.5, 0.6) is 0 Å². The Balaban J connectivity index is 2.79. The third-order valence-corrected chi connectivity index (χ3v) is 4.96. The standard InChI is InChI=1S/C21H31NO2/c1-6-8-10-17-15(5)22(11-9-7-2)20-18(14(3)4)12-16(21(23)24)13-19(17)20/h12-14H,6-11H2,1-5H3,(H,23,24). The number of rotatable bonds is 8. The smallest absolute Gasteiger partial charge is 0.335 e. The maximum Gasteiger partial charge on any atom is 0.335 e. The van der Waals surface area contributed by atoms with Crippen LogP contribution < -0.4 is 0 Å². The molecule has 0 aliphatic rings. The van der Waals surface area contributed by atoms with Crippen molar-refractivity contribution in [3.05, 3.63) is 34.5 Å². The molecule has 0 fully saturated rings. The summed E-state index contributed by atoms with van der Waals surface area (Å²) in [6.07, 6.45) is 5.63. The molecule has 0 spiro atoms. The minimum Gasteiger partial charge on any atom is -0.478 e. The maximum absolute atomic E-state index is 11.6. The molecule has 0 unspecified atom stereocenters. The first kappa shape index (κ1) is 18.6. The minimum atomic E-state index is -0.834. The SMILES string of the molecule is CCCCc1c(C)n(CCCC)c2c(C(C)C)cc(C(=O)O)cc12. The van der Waals surface area contributed by atoms with Gasteiger partial charge in [-0.25, -0.2) is 4.79 Å². The van der Waals surface area contributed by atoms with Crippen molar-refractivity contribution >= 4 is 16.9 Å². The number of carboxylic acid groups (broad SMARTS) is 1. The summed E-state index contributed by atoms with van der Waals surface area (Å²) in [6, 6.07) is 3.77. The number of unbranched alkanes of at least 4 members (excludes halogenated alkanes) is 2. The zero-order chi connectivity index (χ0) is 17.9. The van der Waals surface area contributed by atoms with Crippen molar-refractivity contribution in [2.45, 2.75) is 79.2 Å². The Hall–Kier alpha value is -1.77. The summed E-state index contributed by atoms with van der Waals surface area (Å²) in [7, 11) is 0. The molecule has 2 rings (SSSR count). The minimum absolute atomic E-state index is 0.306. The summed E-state index contributed by atoms with van der Waals surface area (Å²) < 4.78 is 2.44. The highest BCUT2D eigenvalue weighted by atomic mass is 16.4. The van der Waals surface area contributed by atoms with Crippen LogP contribution in [-0.4, -0.2) is 15.6 Å². The van der Waals surface area contributed by atoms with Gasteiger partial charge in [0.15, 0.2) is 0 Å². The highest BCUT2D eigenvalue weighted by Gasteiger charge is 2.20. The van der Waals surface area contributed by atoms with E-state index in [0.717, 1.165) is 49.6 Å². The summed E-state index contributed by atoms with van der Waals surface area (Å²) in [4.78, 5) is 11.6. The van der Waals surface area contributed by atoms with Gasteiger partial charge in [0.1, 0.15) is 0 Å². The third-order valence-electron chi connectivity index (χ3n) is 4.96. The van der Waals surface area contributed by atoms with Crippen LogP contribution in [0.1, 0.15) is 86.5 Å². The number of nitrogens with zero attached hydrogens (tertiary/aromatic N) is 1. The summed E-state index contributed by atoms with van der Waals surface area (Å²) in [5.74, 6) is -0.528. The maximum atomic E-state index is 11.6. The van der Waals surface area contributed by atoms with Gasteiger partial charge in [-0.15, -0.1) is 0 Å². The van der Waals surface area contributed by atoms with Crippen molar-refractivity contribution in [2.75, 3.05) is 0 Å². The van der Waals surface area contributed by atoms with Crippen molar-refractivity contribution in [3.8, 4) is 0 Å². The molecule has 0 aliphatic heterocycles. The number of aryl methyl sites for hydroxylation is 2. The van der Waals surface area contributed by atoms with Crippen LogP contribution in [0.2, 0.25) is 0 Å². The molecule has 3 heteroatoms. The summed E-state index contributed by atoms with van der Waals surface area (Å²) >= 11 is 0. The largest absolute Gasteiger partial charge is 0.478 e. The summed E-state index contributed by atoms with van der Waals surface area (Å²) in [6.45, 7) is 11.9. The molecule has 0 radical (unpaired) electrons. The molecule has 24 heavy (non-hydrogen) atoms. The Bertz CT molecular complexity index is 725. The molecular formula is C21H31NO2. The Labute approximate surface area is 145 Å². The van der Waals surface area contributed by atoms with Crippen molar-refractivity contribution < 1.29 is 9.90 Å². The number of hydrogen-bond donors (Lipinski definition) is 1. The van der Waals surface area contributed by atoms with Crippen molar-refractivity contribution in [1.82, 2.24) is 4.57 Å². The number of aromatic carboxylic acids is 1. The molecular weight excluding hydrogens is 298 g/mol. The van der Waals surface area contributed by atoms with Gasteiger partial charge in [-0.1, -0.05) is 40.5 Å². The molecule has 1 heterocycles. The quantitative estimate of drug-likeness (QED) is 0.653. The zero-order valence-corrected chi connectivity index (χ0v) is 15.8. The lowest BCUT2D eigenvalue weighted by atomic mass is 9.95. The van der Waals surface area contributed by atoms with Gasteiger partial charge in [-0.2, -0.15) is 0 Å². The molecule has 0 aliphatic carbocycles. The third kappa shape index (κ3) is 3.50. The van der Waals surface area contributed by atoms with E-state index in [-0.39, 0.29) is 0 Å². The Morgan fingerprint density at radius 1 is 1.17 bits per heavy atom. The molecule has 1 aromatic carbocycles. The van der Waals surface area contributed by atoms with Crippen LogP contribution in [0.3, 0.4) is 0 Å². The predicted molar refractivity (Wildman–Crippen MR) is 101 cm³/mol. The molecule has 0 saturated heterocycles. The van der Waals surface area contributed by atoms with E-state index in [2.05, 4.69) is 39.2 Å². The van der Waals surface area contributed by atoms with E-state index in [0.29, 0.717) is 11.5 Å². The van der Waals surface area contributed by atoms with Gasteiger partial charge in [0.25, 0.3) is 0 Å². The first-order valence-electron chi connectivity index (χ1n) is 9.31. The molecule has 1 aromatic heterocycles. The fourth-order valence-corrected chi connectivity index (χ4v) is 3.54. The van der Waals surface area contributed by atoms with Crippen LogP contribution in [0, 0.1) is 6.92 Å². The lowest BCUT2D eigenvalue weighted by molar-refractivity contribution is 0.0697. The molecule has 0 amide bonds. The second kappa shape index (κ2) is 7.87. The Morgan fingerprint density at radius 2 is 1.83 bits per heavy atom. The molecule has 0 atom stereocenters. The number of fused-ring (bicyclic) bond motifs is 1. The second-order valence-electron chi connectivity index (χ2n) is 7.09. The van der Waals surface area contributed by atoms with E-state index in [1.165, 1.54) is 16.8 Å². The number of aromatic nitrogens is 1. The van der Waals surface area contributed by atoms with Crippen molar-refractivity contribution in [2.24, 2.45) is 0 Å². The van der Waals surface area contributed by atoms with Gasteiger partial charge in [0.05, 0.1) is 11.1 Å². The van der Waals surface area contributed by atoms with E-state index >= 15 is 0 Å². The van der Waals surface area contributed by atoms with E-state index < -0.39 is 5.97 Å². The fourth-order valence-electron chi connectivity index (χ4n) is 3.54. The van der Waals surface area contributed by atoms with Crippen LogP contribution in [0.4, 0.5) is 0 Å². The normalized spacial score (nSPS) is 11.6.